The molecule has 0 amide bonds. The summed E-state index contributed by atoms with van der Waals surface area (Å²) in [7, 11) is 2.13. The Hall–Kier alpha value is -1.04. The molecule has 0 saturated carbocycles. The van der Waals surface area contributed by atoms with E-state index >= 15 is 0 Å². The minimum Gasteiger partial charge on any atom is -0.322 e. The van der Waals surface area contributed by atoms with E-state index in [-0.39, 0.29) is 0 Å². The Morgan fingerprint density at radius 2 is 1.40 bits per heavy atom. The maximum atomic E-state index is 5.93. The Kier molecular flexibility index (Phi) is 5.88. The highest BCUT2D eigenvalue weighted by molar-refractivity contribution is 6.28. The van der Waals surface area contributed by atoms with Gasteiger partial charge in [-0.3, -0.25) is 0 Å². The number of rotatable bonds is 8. The molecule has 0 aromatic carbocycles. The average molecular weight is 316 g/mol. The molecular formula is C13H19Cl2N5. The zero-order valence-corrected chi connectivity index (χ0v) is 13.1. The predicted octanol–water partition coefficient (Wildman–Crippen LogP) is 2.80. The van der Waals surface area contributed by atoms with Crippen molar-refractivity contribution in [1.82, 2.24) is 24.0 Å². The summed E-state index contributed by atoms with van der Waals surface area (Å²) in [5.41, 5.74) is 0. The van der Waals surface area contributed by atoms with Crippen LogP contribution in [0, 0.1) is 0 Å². The van der Waals surface area contributed by atoms with Crippen LogP contribution in [0.2, 0.25) is 10.6 Å². The van der Waals surface area contributed by atoms with E-state index in [0.29, 0.717) is 10.6 Å². The lowest BCUT2D eigenvalue weighted by molar-refractivity contribution is 0.310. The molecule has 2 aromatic rings. The first kappa shape index (κ1) is 15.4. The first-order valence-corrected chi connectivity index (χ1v) is 7.44. The van der Waals surface area contributed by atoms with E-state index in [1.165, 1.54) is 0 Å². The number of nitrogens with zero attached hydrogens (tertiary/aromatic N) is 5. The average Bonchev–Trinajstić information content (AvgIpc) is 3.00. The van der Waals surface area contributed by atoms with Crippen LogP contribution in [-0.2, 0) is 13.1 Å². The molecule has 0 saturated heterocycles. The van der Waals surface area contributed by atoms with Gasteiger partial charge in [-0.1, -0.05) is 0 Å². The van der Waals surface area contributed by atoms with Gasteiger partial charge >= 0.3 is 0 Å². The Labute approximate surface area is 129 Å². The van der Waals surface area contributed by atoms with Crippen LogP contribution < -0.4 is 0 Å². The minimum absolute atomic E-state index is 0.558. The summed E-state index contributed by atoms with van der Waals surface area (Å²) in [6.45, 7) is 3.87. The smallest absolute Gasteiger partial charge is 0.202 e. The highest BCUT2D eigenvalue weighted by atomic mass is 35.5. The van der Waals surface area contributed by atoms with Gasteiger partial charge in [-0.25, -0.2) is 9.97 Å². The van der Waals surface area contributed by atoms with Gasteiger partial charge in [0.25, 0.3) is 0 Å². The lowest BCUT2D eigenvalue weighted by atomic mass is 10.3. The first-order valence-electron chi connectivity index (χ1n) is 6.68. The van der Waals surface area contributed by atoms with Crippen LogP contribution >= 0.6 is 23.2 Å². The molecule has 0 aliphatic rings. The maximum absolute atomic E-state index is 5.93. The van der Waals surface area contributed by atoms with E-state index in [2.05, 4.69) is 21.9 Å². The van der Waals surface area contributed by atoms with Crippen LogP contribution in [0.3, 0.4) is 0 Å². The third kappa shape index (κ3) is 4.51. The molecule has 0 fully saturated rings. The fourth-order valence-corrected chi connectivity index (χ4v) is 2.48. The molecule has 0 unspecified atom stereocenters. The molecule has 0 aliphatic heterocycles. The van der Waals surface area contributed by atoms with Gasteiger partial charge in [-0.15, -0.1) is 0 Å². The Morgan fingerprint density at radius 1 is 0.950 bits per heavy atom. The molecule has 2 rings (SSSR count). The molecule has 2 aromatic heterocycles. The van der Waals surface area contributed by atoms with Crippen LogP contribution in [0.15, 0.2) is 24.8 Å². The van der Waals surface area contributed by atoms with E-state index in [4.69, 9.17) is 23.2 Å². The van der Waals surface area contributed by atoms with Crippen LogP contribution in [-0.4, -0.2) is 44.1 Å². The summed E-state index contributed by atoms with van der Waals surface area (Å²) in [6, 6.07) is 0. The monoisotopic (exact) mass is 315 g/mol. The molecule has 20 heavy (non-hydrogen) atoms. The van der Waals surface area contributed by atoms with Gasteiger partial charge in [0.2, 0.25) is 10.6 Å². The first-order chi connectivity index (χ1) is 9.66. The molecule has 2 heterocycles. The van der Waals surface area contributed by atoms with E-state index in [0.717, 1.165) is 39.0 Å². The van der Waals surface area contributed by atoms with Crippen LogP contribution in [0.4, 0.5) is 0 Å². The second-order valence-corrected chi connectivity index (χ2v) is 5.47. The molecule has 0 aliphatic carbocycles. The molecular weight excluding hydrogens is 297 g/mol. The van der Waals surface area contributed by atoms with Crippen molar-refractivity contribution in [2.75, 3.05) is 20.1 Å². The molecule has 0 N–H and O–H groups in total. The quantitative estimate of drug-likeness (QED) is 0.752. The summed E-state index contributed by atoms with van der Waals surface area (Å²) in [5.74, 6) is 0. The zero-order valence-electron chi connectivity index (χ0n) is 11.5. The number of hydrogen-bond acceptors (Lipinski definition) is 3. The molecule has 0 bridgehead atoms. The summed E-state index contributed by atoms with van der Waals surface area (Å²) in [5, 5.41) is 1.12. The number of imidazole rings is 2. The molecule has 0 radical (unpaired) electrons. The van der Waals surface area contributed by atoms with Crippen molar-refractivity contribution in [2.24, 2.45) is 0 Å². The third-order valence-electron chi connectivity index (χ3n) is 3.21. The summed E-state index contributed by atoms with van der Waals surface area (Å²) in [4.78, 5) is 10.3. The molecule has 110 valence electrons. The second kappa shape index (κ2) is 7.67. The Morgan fingerprint density at radius 3 is 1.75 bits per heavy atom. The van der Waals surface area contributed by atoms with Gasteiger partial charge in [0.1, 0.15) is 0 Å². The van der Waals surface area contributed by atoms with Gasteiger partial charge in [0.05, 0.1) is 0 Å². The van der Waals surface area contributed by atoms with E-state index in [1.807, 2.05) is 21.5 Å². The number of aryl methyl sites for hydroxylation is 2. The molecule has 0 spiro atoms. The number of aromatic nitrogens is 4. The Balaban J connectivity index is 1.60. The standard InChI is InChI=1S/C13H19Cl2N5/c1-18(6-2-8-19-10-4-16-12(19)14)7-3-9-20-11-5-17-13(20)15/h4-5,10-11H,2-3,6-9H2,1H3. The highest BCUT2D eigenvalue weighted by Gasteiger charge is 2.03. The van der Waals surface area contributed by atoms with Gasteiger partial charge in [-0.2, -0.15) is 0 Å². The van der Waals surface area contributed by atoms with E-state index < -0.39 is 0 Å². The lowest BCUT2D eigenvalue weighted by Gasteiger charge is -2.17. The van der Waals surface area contributed by atoms with Gasteiger partial charge in [0.15, 0.2) is 0 Å². The zero-order chi connectivity index (χ0) is 14.4. The predicted molar refractivity (Wildman–Crippen MR) is 81.2 cm³/mol. The largest absolute Gasteiger partial charge is 0.322 e. The topological polar surface area (TPSA) is 38.9 Å². The van der Waals surface area contributed by atoms with Crippen molar-refractivity contribution in [2.45, 2.75) is 25.9 Å². The Bertz CT molecular complexity index is 476. The SMILES string of the molecule is CN(CCCn1ccnc1Cl)CCCn1ccnc1Cl. The van der Waals surface area contributed by atoms with Gasteiger partial charge in [0, 0.05) is 37.9 Å². The normalized spacial score (nSPS) is 11.4. The summed E-state index contributed by atoms with van der Waals surface area (Å²) in [6.07, 6.45) is 9.37. The van der Waals surface area contributed by atoms with Crippen molar-refractivity contribution in [3.63, 3.8) is 0 Å². The van der Waals surface area contributed by atoms with Crippen molar-refractivity contribution < 1.29 is 0 Å². The summed E-state index contributed by atoms with van der Waals surface area (Å²) < 4.78 is 3.92. The van der Waals surface area contributed by atoms with Crippen LogP contribution in [0.1, 0.15) is 12.8 Å². The van der Waals surface area contributed by atoms with Crippen LogP contribution in [0.25, 0.3) is 0 Å². The molecule has 0 atom stereocenters. The minimum atomic E-state index is 0.558. The van der Waals surface area contributed by atoms with Crippen molar-refractivity contribution >= 4 is 23.2 Å². The third-order valence-corrected chi connectivity index (χ3v) is 3.84. The number of halogens is 2. The molecule has 5 nitrogen and oxygen atoms in total. The van der Waals surface area contributed by atoms with E-state index in [1.54, 1.807) is 12.4 Å². The fourth-order valence-electron chi connectivity index (χ4n) is 2.09. The summed E-state index contributed by atoms with van der Waals surface area (Å²) >= 11 is 11.9. The second-order valence-electron chi connectivity index (χ2n) is 4.79. The lowest BCUT2D eigenvalue weighted by Crippen LogP contribution is -2.23. The fraction of sp³-hybridized carbons (Fsp3) is 0.538. The van der Waals surface area contributed by atoms with Crippen molar-refractivity contribution in [3.05, 3.63) is 35.4 Å². The van der Waals surface area contributed by atoms with E-state index in [9.17, 15) is 0 Å². The van der Waals surface area contributed by atoms with Gasteiger partial charge in [-0.05, 0) is 56.2 Å². The van der Waals surface area contributed by atoms with Gasteiger partial charge < -0.3 is 14.0 Å². The molecule has 7 heteroatoms. The number of hydrogen-bond donors (Lipinski definition) is 0. The van der Waals surface area contributed by atoms with Crippen LogP contribution in [0.5, 0.6) is 0 Å². The highest BCUT2D eigenvalue weighted by Crippen LogP contribution is 2.07. The van der Waals surface area contributed by atoms with Crippen molar-refractivity contribution in [3.8, 4) is 0 Å². The van der Waals surface area contributed by atoms with Crippen molar-refractivity contribution in [1.29, 1.82) is 0 Å². The maximum Gasteiger partial charge on any atom is 0.202 e.